The zero-order chi connectivity index (χ0) is 12.0. The standard InChI is InChI=1S/C13H16FN3/c1-13(9-2-3-9)8-16-12(15)17(13)11-6-4-10(14)5-7-11/h4-7,9H,2-3,8H2,1H3,(H2,15,16). The van der Waals surface area contributed by atoms with Gasteiger partial charge in [-0.05, 0) is 49.9 Å². The Morgan fingerprint density at radius 2 is 2.00 bits per heavy atom. The minimum Gasteiger partial charge on any atom is -0.369 e. The van der Waals surface area contributed by atoms with E-state index >= 15 is 0 Å². The number of hydrogen-bond acceptors (Lipinski definition) is 3. The van der Waals surface area contributed by atoms with Crippen molar-refractivity contribution >= 4 is 11.6 Å². The lowest BCUT2D eigenvalue weighted by molar-refractivity contribution is 0.439. The van der Waals surface area contributed by atoms with Crippen LogP contribution in [0.25, 0.3) is 0 Å². The number of nitrogens with zero attached hydrogens (tertiary/aromatic N) is 2. The first-order valence-corrected chi connectivity index (χ1v) is 5.97. The van der Waals surface area contributed by atoms with Crippen LogP contribution in [-0.4, -0.2) is 18.0 Å². The van der Waals surface area contributed by atoms with E-state index in [0.717, 1.165) is 12.2 Å². The molecule has 1 aliphatic heterocycles. The van der Waals surface area contributed by atoms with Gasteiger partial charge < -0.3 is 10.6 Å². The molecule has 1 aliphatic carbocycles. The third kappa shape index (κ3) is 1.59. The van der Waals surface area contributed by atoms with Crippen LogP contribution in [-0.2, 0) is 0 Å². The molecule has 3 rings (SSSR count). The Balaban J connectivity index is 1.98. The number of hydrogen-bond donors (Lipinski definition) is 1. The van der Waals surface area contributed by atoms with Crippen molar-refractivity contribution in [3.8, 4) is 0 Å². The molecule has 90 valence electrons. The molecule has 1 heterocycles. The van der Waals surface area contributed by atoms with E-state index in [-0.39, 0.29) is 11.4 Å². The van der Waals surface area contributed by atoms with Gasteiger partial charge in [-0.2, -0.15) is 0 Å². The highest BCUT2D eigenvalue weighted by molar-refractivity contribution is 5.98. The van der Waals surface area contributed by atoms with E-state index in [1.807, 2.05) is 0 Å². The number of nitrogens with two attached hydrogens (primary N) is 1. The Morgan fingerprint density at radius 1 is 1.35 bits per heavy atom. The molecule has 1 aromatic carbocycles. The largest absolute Gasteiger partial charge is 0.369 e. The number of rotatable bonds is 2. The number of benzene rings is 1. The summed E-state index contributed by atoms with van der Waals surface area (Å²) in [7, 11) is 0. The molecule has 0 bridgehead atoms. The van der Waals surface area contributed by atoms with Crippen LogP contribution in [0, 0.1) is 11.7 Å². The van der Waals surface area contributed by atoms with Gasteiger partial charge in [0.2, 0.25) is 0 Å². The topological polar surface area (TPSA) is 41.6 Å². The predicted molar refractivity (Wildman–Crippen MR) is 66.5 cm³/mol. The second-order valence-corrected chi connectivity index (χ2v) is 5.12. The maximum Gasteiger partial charge on any atom is 0.196 e. The van der Waals surface area contributed by atoms with Crippen LogP contribution in [0.1, 0.15) is 19.8 Å². The number of anilines is 1. The average molecular weight is 233 g/mol. The molecule has 0 amide bonds. The SMILES string of the molecule is CC1(C2CC2)CN=C(N)N1c1ccc(F)cc1. The highest BCUT2D eigenvalue weighted by Gasteiger charge is 2.49. The zero-order valence-corrected chi connectivity index (χ0v) is 9.86. The van der Waals surface area contributed by atoms with Gasteiger partial charge in [-0.1, -0.05) is 0 Å². The summed E-state index contributed by atoms with van der Waals surface area (Å²) in [5.41, 5.74) is 6.88. The quantitative estimate of drug-likeness (QED) is 0.850. The van der Waals surface area contributed by atoms with Crippen molar-refractivity contribution in [2.75, 3.05) is 11.4 Å². The molecule has 3 nitrogen and oxygen atoms in total. The summed E-state index contributed by atoms with van der Waals surface area (Å²) in [6, 6.07) is 6.47. The minimum absolute atomic E-state index is 0.0259. The summed E-state index contributed by atoms with van der Waals surface area (Å²) in [6.45, 7) is 2.93. The van der Waals surface area contributed by atoms with Crippen molar-refractivity contribution in [1.29, 1.82) is 0 Å². The normalized spacial score (nSPS) is 28.4. The minimum atomic E-state index is -0.225. The van der Waals surface area contributed by atoms with E-state index in [0.29, 0.717) is 11.9 Å². The molecule has 2 N–H and O–H groups in total. The highest BCUT2D eigenvalue weighted by Crippen LogP contribution is 2.46. The van der Waals surface area contributed by atoms with Gasteiger partial charge in [-0.3, -0.25) is 4.99 Å². The highest BCUT2D eigenvalue weighted by atomic mass is 19.1. The smallest absolute Gasteiger partial charge is 0.196 e. The van der Waals surface area contributed by atoms with Crippen molar-refractivity contribution in [2.24, 2.45) is 16.6 Å². The Kier molecular flexibility index (Phi) is 2.15. The maximum atomic E-state index is 13.0. The average Bonchev–Trinajstić information content (AvgIpc) is 3.10. The van der Waals surface area contributed by atoms with Gasteiger partial charge in [-0.25, -0.2) is 4.39 Å². The fourth-order valence-electron chi connectivity index (χ4n) is 2.68. The van der Waals surface area contributed by atoms with Crippen LogP contribution < -0.4 is 10.6 Å². The molecule has 1 saturated carbocycles. The lowest BCUT2D eigenvalue weighted by atomic mass is 9.94. The van der Waals surface area contributed by atoms with Gasteiger partial charge in [0.15, 0.2) is 5.96 Å². The van der Waals surface area contributed by atoms with Crippen molar-refractivity contribution in [2.45, 2.75) is 25.3 Å². The molecule has 1 aromatic rings. The van der Waals surface area contributed by atoms with E-state index in [1.165, 1.54) is 25.0 Å². The van der Waals surface area contributed by atoms with Crippen LogP contribution in [0.5, 0.6) is 0 Å². The molecule has 1 unspecified atom stereocenters. The van der Waals surface area contributed by atoms with E-state index in [1.54, 1.807) is 12.1 Å². The van der Waals surface area contributed by atoms with E-state index in [9.17, 15) is 4.39 Å². The summed E-state index contributed by atoms with van der Waals surface area (Å²) < 4.78 is 13.0. The first kappa shape index (κ1) is 10.6. The van der Waals surface area contributed by atoms with E-state index in [4.69, 9.17) is 5.73 Å². The summed E-state index contributed by atoms with van der Waals surface area (Å²) in [5.74, 6) is 0.972. The molecule has 0 aromatic heterocycles. The molecular formula is C13H16FN3. The van der Waals surface area contributed by atoms with Gasteiger partial charge in [0.1, 0.15) is 5.82 Å². The second-order valence-electron chi connectivity index (χ2n) is 5.12. The van der Waals surface area contributed by atoms with Crippen LogP contribution in [0.3, 0.4) is 0 Å². The summed E-state index contributed by atoms with van der Waals surface area (Å²) in [6.07, 6.45) is 2.47. The van der Waals surface area contributed by atoms with Crippen molar-refractivity contribution in [1.82, 2.24) is 0 Å². The molecule has 0 spiro atoms. The summed E-state index contributed by atoms with van der Waals surface area (Å²) in [4.78, 5) is 6.42. The van der Waals surface area contributed by atoms with Crippen molar-refractivity contribution in [3.63, 3.8) is 0 Å². The fourth-order valence-corrected chi connectivity index (χ4v) is 2.68. The lowest BCUT2D eigenvalue weighted by Gasteiger charge is -2.36. The fraction of sp³-hybridized carbons (Fsp3) is 0.462. The van der Waals surface area contributed by atoms with Gasteiger partial charge >= 0.3 is 0 Å². The van der Waals surface area contributed by atoms with Gasteiger partial charge in [-0.15, -0.1) is 0 Å². The molecule has 17 heavy (non-hydrogen) atoms. The predicted octanol–water partition coefficient (Wildman–Crippen LogP) is 2.13. The Hall–Kier alpha value is -1.58. The van der Waals surface area contributed by atoms with Gasteiger partial charge in [0, 0.05) is 5.69 Å². The Bertz CT molecular complexity index is 464. The summed E-state index contributed by atoms with van der Waals surface area (Å²) >= 11 is 0. The van der Waals surface area contributed by atoms with E-state index < -0.39 is 0 Å². The summed E-state index contributed by atoms with van der Waals surface area (Å²) in [5, 5.41) is 0. The third-order valence-electron chi connectivity index (χ3n) is 3.84. The zero-order valence-electron chi connectivity index (χ0n) is 9.86. The number of aliphatic imine (C=N–C) groups is 1. The molecule has 1 fully saturated rings. The van der Waals surface area contributed by atoms with Crippen LogP contribution >= 0.6 is 0 Å². The maximum absolute atomic E-state index is 13.0. The van der Waals surface area contributed by atoms with Crippen LogP contribution in [0.15, 0.2) is 29.3 Å². The first-order valence-electron chi connectivity index (χ1n) is 5.97. The third-order valence-corrected chi connectivity index (χ3v) is 3.84. The molecule has 0 saturated heterocycles. The molecule has 0 radical (unpaired) electrons. The molecule has 1 atom stereocenters. The van der Waals surface area contributed by atoms with Crippen molar-refractivity contribution in [3.05, 3.63) is 30.1 Å². The van der Waals surface area contributed by atoms with E-state index in [2.05, 4.69) is 16.8 Å². The molecule has 4 heteroatoms. The molecule has 2 aliphatic rings. The van der Waals surface area contributed by atoms with Gasteiger partial charge in [0.05, 0.1) is 12.1 Å². The van der Waals surface area contributed by atoms with Crippen LogP contribution in [0.2, 0.25) is 0 Å². The number of halogens is 1. The van der Waals surface area contributed by atoms with Crippen LogP contribution in [0.4, 0.5) is 10.1 Å². The van der Waals surface area contributed by atoms with Gasteiger partial charge in [0.25, 0.3) is 0 Å². The Morgan fingerprint density at radius 3 is 2.59 bits per heavy atom. The lowest BCUT2D eigenvalue weighted by Crippen LogP contribution is -2.51. The first-order chi connectivity index (χ1) is 8.11. The molecular weight excluding hydrogens is 217 g/mol. The number of guanidine groups is 1. The second kappa shape index (κ2) is 3.45. The monoisotopic (exact) mass is 233 g/mol. The van der Waals surface area contributed by atoms with Crippen molar-refractivity contribution < 1.29 is 4.39 Å². The Labute approximate surface area is 100 Å².